The topological polar surface area (TPSA) is 90.7 Å². The molecule has 0 atom stereocenters. The number of aromatic nitrogens is 1. The average Bonchev–Trinajstić information content (AvgIpc) is 3.35. The van der Waals surface area contributed by atoms with Crippen LogP contribution in [0.3, 0.4) is 0 Å². The summed E-state index contributed by atoms with van der Waals surface area (Å²) in [6.45, 7) is 2.14. The molecule has 0 radical (unpaired) electrons. The Morgan fingerprint density at radius 3 is 2.88 bits per heavy atom. The summed E-state index contributed by atoms with van der Waals surface area (Å²) in [6, 6.07) is 8.40. The van der Waals surface area contributed by atoms with Crippen molar-refractivity contribution in [2.45, 2.75) is 18.2 Å². The highest BCUT2D eigenvalue weighted by atomic mass is 32.2. The molecule has 0 spiro atoms. The van der Waals surface area contributed by atoms with Gasteiger partial charge in [-0.05, 0) is 30.5 Å². The molecule has 0 saturated heterocycles. The molecule has 3 aromatic rings. The maximum atomic E-state index is 12.4. The molecule has 7 nitrogen and oxygen atoms in total. The number of benzene rings is 1. The Kier molecular flexibility index (Phi) is 4.43. The molecule has 0 aliphatic carbocycles. The van der Waals surface area contributed by atoms with Gasteiger partial charge in [0.15, 0.2) is 11.5 Å². The lowest BCUT2D eigenvalue weighted by Gasteiger charge is -2.07. The van der Waals surface area contributed by atoms with Crippen LogP contribution in [0.5, 0.6) is 11.5 Å². The van der Waals surface area contributed by atoms with Crippen LogP contribution in [-0.4, -0.2) is 26.7 Å². The lowest BCUT2D eigenvalue weighted by atomic mass is 10.3. The van der Waals surface area contributed by atoms with Crippen LogP contribution in [0.15, 0.2) is 45.0 Å². The van der Waals surface area contributed by atoms with Gasteiger partial charge in [-0.15, -0.1) is 11.3 Å². The van der Waals surface area contributed by atoms with E-state index in [0.717, 1.165) is 10.6 Å². The Morgan fingerprint density at radius 1 is 1.23 bits per heavy atom. The number of hydrogen-bond acceptors (Lipinski definition) is 7. The fourth-order valence-electron chi connectivity index (χ4n) is 2.60. The molecule has 0 bridgehead atoms. The smallest absolute Gasteiger partial charge is 0.240 e. The van der Waals surface area contributed by atoms with E-state index in [2.05, 4.69) is 9.71 Å². The zero-order valence-electron chi connectivity index (χ0n) is 13.9. The number of aryl methyl sites for hydroxylation is 1. The fourth-order valence-corrected chi connectivity index (χ4v) is 4.29. The largest absolute Gasteiger partial charge is 0.454 e. The first-order valence-electron chi connectivity index (χ1n) is 7.92. The summed E-state index contributed by atoms with van der Waals surface area (Å²) >= 11 is 1.54. The Balaban J connectivity index is 1.43. The summed E-state index contributed by atoms with van der Waals surface area (Å²) in [5.41, 5.74) is 0.738. The molecule has 9 heteroatoms. The van der Waals surface area contributed by atoms with Crippen molar-refractivity contribution in [1.29, 1.82) is 0 Å². The maximum Gasteiger partial charge on any atom is 0.240 e. The van der Waals surface area contributed by atoms with Crippen LogP contribution in [0.1, 0.15) is 11.5 Å². The molecule has 0 amide bonds. The number of thiophene rings is 1. The van der Waals surface area contributed by atoms with Crippen LogP contribution in [0.4, 0.5) is 0 Å². The number of rotatable bonds is 6. The van der Waals surface area contributed by atoms with Crippen LogP contribution >= 0.6 is 11.3 Å². The fraction of sp³-hybridized carbons (Fsp3) is 0.235. The van der Waals surface area contributed by atoms with Crippen molar-refractivity contribution in [2.24, 2.45) is 0 Å². The van der Waals surface area contributed by atoms with Gasteiger partial charge in [0.2, 0.25) is 22.7 Å². The molecule has 0 unspecified atom stereocenters. The van der Waals surface area contributed by atoms with Crippen LogP contribution in [0.25, 0.3) is 10.8 Å². The van der Waals surface area contributed by atoms with Crippen molar-refractivity contribution >= 4 is 21.4 Å². The predicted octanol–water partition coefficient (Wildman–Crippen LogP) is 2.96. The van der Waals surface area contributed by atoms with Gasteiger partial charge < -0.3 is 13.9 Å². The molecular formula is C17H16N2O5S2. The van der Waals surface area contributed by atoms with Crippen LogP contribution in [0, 0.1) is 6.92 Å². The van der Waals surface area contributed by atoms with Crippen LogP contribution in [-0.2, 0) is 16.4 Å². The second-order valence-corrected chi connectivity index (χ2v) is 8.38. The number of hydrogen-bond donors (Lipinski definition) is 1. The van der Waals surface area contributed by atoms with E-state index in [1.165, 1.54) is 12.1 Å². The van der Waals surface area contributed by atoms with E-state index in [-0.39, 0.29) is 18.2 Å². The first-order chi connectivity index (χ1) is 12.5. The van der Waals surface area contributed by atoms with Crippen molar-refractivity contribution in [3.8, 4) is 22.3 Å². The average molecular weight is 392 g/mol. The standard InChI is InChI=1S/C17H16N2O5S2/c1-11-13(19-17(24-11)16-3-2-8-25-16)6-7-18-26(20,21)12-4-5-14-15(9-12)23-10-22-14/h2-5,8-9,18H,6-7,10H2,1H3. The first-order valence-corrected chi connectivity index (χ1v) is 10.3. The summed E-state index contributed by atoms with van der Waals surface area (Å²) in [4.78, 5) is 5.55. The van der Waals surface area contributed by atoms with Gasteiger partial charge in [0.05, 0.1) is 15.5 Å². The number of fused-ring (bicyclic) bond motifs is 1. The molecule has 26 heavy (non-hydrogen) atoms. The summed E-state index contributed by atoms with van der Waals surface area (Å²) < 4.78 is 43.6. The second-order valence-electron chi connectivity index (χ2n) is 5.66. The second kappa shape index (κ2) is 6.75. The number of sulfonamides is 1. The van der Waals surface area contributed by atoms with E-state index < -0.39 is 10.0 Å². The van der Waals surface area contributed by atoms with Crippen molar-refractivity contribution in [1.82, 2.24) is 9.71 Å². The minimum Gasteiger partial charge on any atom is -0.454 e. The molecule has 1 aliphatic heterocycles. The zero-order valence-corrected chi connectivity index (χ0v) is 15.5. The molecule has 136 valence electrons. The Bertz CT molecular complexity index is 1030. The molecular weight excluding hydrogens is 376 g/mol. The van der Waals surface area contributed by atoms with Crippen molar-refractivity contribution in [3.05, 3.63) is 47.2 Å². The van der Waals surface area contributed by atoms with Crippen molar-refractivity contribution in [2.75, 3.05) is 13.3 Å². The van der Waals surface area contributed by atoms with Gasteiger partial charge >= 0.3 is 0 Å². The highest BCUT2D eigenvalue weighted by molar-refractivity contribution is 7.89. The third-order valence-corrected chi connectivity index (χ3v) is 6.25. The van der Waals surface area contributed by atoms with E-state index >= 15 is 0 Å². The number of oxazole rings is 1. The highest BCUT2D eigenvalue weighted by Crippen LogP contribution is 2.33. The molecule has 0 saturated carbocycles. The van der Waals surface area contributed by atoms with E-state index in [9.17, 15) is 8.42 Å². The summed E-state index contributed by atoms with van der Waals surface area (Å²) in [5.74, 6) is 2.23. The SMILES string of the molecule is Cc1oc(-c2cccs2)nc1CCNS(=O)(=O)c1ccc2c(c1)OCO2. The molecule has 3 heterocycles. The Hall–Kier alpha value is -2.36. The Morgan fingerprint density at radius 2 is 2.08 bits per heavy atom. The molecule has 1 aliphatic rings. The third-order valence-electron chi connectivity index (χ3n) is 3.93. The monoisotopic (exact) mass is 392 g/mol. The summed E-state index contributed by atoms with van der Waals surface area (Å²) in [6.07, 6.45) is 0.435. The predicted molar refractivity (Wildman–Crippen MR) is 96.0 cm³/mol. The van der Waals surface area contributed by atoms with Crippen molar-refractivity contribution < 1.29 is 22.3 Å². The lowest BCUT2D eigenvalue weighted by molar-refractivity contribution is 0.174. The van der Waals surface area contributed by atoms with Gasteiger partial charge in [0, 0.05) is 19.0 Å². The van der Waals surface area contributed by atoms with E-state index in [0.29, 0.717) is 29.6 Å². The van der Waals surface area contributed by atoms with Gasteiger partial charge in [0.25, 0.3) is 0 Å². The molecule has 1 aromatic carbocycles. The van der Waals surface area contributed by atoms with Crippen molar-refractivity contribution in [3.63, 3.8) is 0 Å². The first kappa shape index (κ1) is 17.1. The van der Waals surface area contributed by atoms with Gasteiger partial charge in [-0.1, -0.05) is 6.07 Å². The van der Waals surface area contributed by atoms with Gasteiger partial charge in [-0.2, -0.15) is 0 Å². The van der Waals surface area contributed by atoms with Crippen LogP contribution in [0.2, 0.25) is 0 Å². The normalized spacial score (nSPS) is 13.3. The molecule has 0 fully saturated rings. The molecule has 4 rings (SSSR count). The maximum absolute atomic E-state index is 12.4. The molecule has 2 aromatic heterocycles. The van der Waals surface area contributed by atoms with Crippen LogP contribution < -0.4 is 14.2 Å². The zero-order chi connectivity index (χ0) is 18.1. The number of ether oxygens (including phenoxy) is 2. The Labute approximate surface area is 154 Å². The quantitative estimate of drug-likeness (QED) is 0.694. The van der Waals surface area contributed by atoms with Gasteiger partial charge in [-0.3, -0.25) is 0 Å². The molecule has 1 N–H and O–H groups in total. The minimum absolute atomic E-state index is 0.101. The minimum atomic E-state index is -3.64. The summed E-state index contributed by atoms with van der Waals surface area (Å²) in [7, 11) is -3.64. The highest BCUT2D eigenvalue weighted by Gasteiger charge is 2.20. The van der Waals surface area contributed by atoms with Gasteiger partial charge in [-0.25, -0.2) is 18.1 Å². The van der Waals surface area contributed by atoms with E-state index in [1.54, 1.807) is 17.4 Å². The van der Waals surface area contributed by atoms with E-state index in [4.69, 9.17) is 13.9 Å². The summed E-state index contributed by atoms with van der Waals surface area (Å²) in [5, 5.41) is 1.95. The number of nitrogens with one attached hydrogen (secondary N) is 1. The number of nitrogens with zero attached hydrogens (tertiary/aromatic N) is 1. The third kappa shape index (κ3) is 3.33. The lowest BCUT2D eigenvalue weighted by Crippen LogP contribution is -2.26. The van der Waals surface area contributed by atoms with E-state index in [1.807, 2.05) is 24.4 Å². The van der Waals surface area contributed by atoms with Gasteiger partial charge in [0.1, 0.15) is 5.76 Å².